The van der Waals surface area contributed by atoms with Gasteiger partial charge >= 0.3 is 0 Å². The Morgan fingerprint density at radius 3 is 1.79 bits per heavy atom. The third-order valence-electron chi connectivity index (χ3n) is 10.8. The number of aromatic nitrogens is 2. The Labute approximate surface area is 300 Å². The van der Waals surface area contributed by atoms with Crippen LogP contribution in [0.15, 0.2) is 182 Å². The summed E-state index contributed by atoms with van der Waals surface area (Å²) < 4.78 is 16.1. The van der Waals surface area contributed by atoms with Gasteiger partial charge in [-0.05, 0) is 60.2 Å². The van der Waals surface area contributed by atoms with Crippen molar-refractivity contribution in [1.82, 2.24) is 9.55 Å². The standard InChI is InChI=1S/C48H30N2O2/c1-2-13-33(14-3-1)50-42-21-7-4-15-35(42)36-17-12-16-34(47(36)50)31-24-26-39-45(29-31)52-46-30-32(41-20-10-11-28-49-41)25-27-40(46)48(39)37-18-5-8-22-43(37)51-44-23-9-6-19-38(44)48/h1-30H. The van der Waals surface area contributed by atoms with Crippen molar-refractivity contribution in [3.05, 3.63) is 204 Å². The van der Waals surface area contributed by atoms with Crippen LogP contribution in [0.4, 0.5) is 0 Å². The van der Waals surface area contributed by atoms with Crippen molar-refractivity contribution in [3.8, 4) is 51.1 Å². The Bertz CT molecular complexity index is 2810. The molecule has 0 amide bonds. The number of hydrogen-bond acceptors (Lipinski definition) is 3. The maximum Gasteiger partial charge on any atom is 0.132 e. The number of fused-ring (bicyclic) bond motifs is 11. The van der Waals surface area contributed by atoms with Crippen LogP contribution >= 0.6 is 0 Å². The van der Waals surface area contributed by atoms with Gasteiger partial charge in [-0.1, -0.05) is 121 Å². The van der Waals surface area contributed by atoms with E-state index in [9.17, 15) is 0 Å². The van der Waals surface area contributed by atoms with Crippen molar-refractivity contribution in [3.63, 3.8) is 0 Å². The number of benzene rings is 7. The fourth-order valence-corrected chi connectivity index (χ4v) is 8.63. The van der Waals surface area contributed by atoms with Gasteiger partial charge in [-0.2, -0.15) is 0 Å². The Balaban J connectivity index is 1.21. The first kappa shape index (κ1) is 28.9. The number of para-hydroxylation sites is 5. The molecule has 0 radical (unpaired) electrons. The number of rotatable bonds is 3. The molecule has 0 saturated carbocycles. The van der Waals surface area contributed by atoms with Gasteiger partial charge in [0, 0.05) is 56.0 Å². The number of pyridine rings is 1. The zero-order valence-electron chi connectivity index (χ0n) is 28.0. The quantitative estimate of drug-likeness (QED) is 0.188. The van der Waals surface area contributed by atoms with Crippen LogP contribution in [-0.2, 0) is 5.41 Å². The smallest absolute Gasteiger partial charge is 0.132 e. The van der Waals surface area contributed by atoms with Gasteiger partial charge in [0.2, 0.25) is 0 Å². The second kappa shape index (κ2) is 11.0. The maximum absolute atomic E-state index is 7.07. The molecule has 0 bridgehead atoms. The average Bonchev–Trinajstić information content (AvgIpc) is 3.56. The summed E-state index contributed by atoms with van der Waals surface area (Å²) in [5.41, 5.74) is 11.2. The Hall–Kier alpha value is -6.91. The van der Waals surface area contributed by atoms with Gasteiger partial charge < -0.3 is 14.0 Å². The highest BCUT2D eigenvalue weighted by molar-refractivity contribution is 6.13. The molecule has 11 rings (SSSR count). The van der Waals surface area contributed by atoms with Crippen LogP contribution in [0.25, 0.3) is 49.9 Å². The molecule has 7 aromatic carbocycles. The molecule has 4 heteroatoms. The molecule has 4 nitrogen and oxygen atoms in total. The second-order valence-electron chi connectivity index (χ2n) is 13.5. The van der Waals surface area contributed by atoms with Crippen LogP contribution in [0.1, 0.15) is 22.3 Å². The molecule has 52 heavy (non-hydrogen) atoms. The number of nitrogens with zero attached hydrogens (tertiary/aromatic N) is 2. The first-order valence-corrected chi connectivity index (χ1v) is 17.6. The number of ether oxygens (including phenoxy) is 2. The molecule has 2 aliphatic heterocycles. The minimum atomic E-state index is -0.680. The van der Waals surface area contributed by atoms with Crippen molar-refractivity contribution >= 4 is 21.8 Å². The predicted molar refractivity (Wildman–Crippen MR) is 208 cm³/mol. The SMILES string of the molecule is c1ccc(-n2c3ccccc3c3cccc(-c4ccc5c(c4)Oc4cc(-c6ccccn6)ccc4C54c5ccccc5Oc5ccccc54)c32)cc1. The highest BCUT2D eigenvalue weighted by atomic mass is 16.5. The zero-order valence-corrected chi connectivity index (χ0v) is 28.0. The van der Waals surface area contributed by atoms with Crippen LogP contribution in [0.3, 0.4) is 0 Å². The van der Waals surface area contributed by atoms with Gasteiger partial charge in [-0.15, -0.1) is 0 Å². The predicted octanol–water partition coefficient (Wildman–Crippen LogP) is 12.1. The van der Waals surface area contributed by atoms with Crippen LogP contribution in [0.5, 0.6) is 23.0 Å². The Morgan fingerprint density at radius 2 is 1.04 bits per heavy atom. The highest BCUT2D eigenvalue weighted by Gasteiger charge is 2.50. The van der Waals surface area contributed by atoms with E-state index in [0.29, 0.717) is 0 Å². The van der Waals surface area contributed by atoms with E-state index in [1.165, 1.54) is 21.8 Å². The Kier molecular flexibility index (Phi) is 6.13. The zero-order chi connectivity index (χ0) is 34.2. The van der Waals surface area contributed by atoms with Crippen molar-refractivity contribution in [2.75, 3.05) is 0 Å². The summed E-state index contributed by atoms with van der Waals surface area (Å²) >= 11 is 0. The molecule has 2 aliphatic rings. The molecule has 0 unspecified atom stereocenters. The van der Waals surface area contributed by atoms with Crippen LogP contribution < -0.4 is 9.47 Å². The molecule has 0 fully saturated rings. The molecule has 0 N–H and O–H groups in total. The fourth-order valence-electron chi connectivity index (χ4n) is 8.63. The third-order valence-corrected chi connectivity index (χ3v) is 10.8. The summed E-state index contributed by atoms with van der Waals surface area (Å²) in [7, 11) is 0. The van der Waals surface area contributed by atoms with E-state index in [4.69, 9.17) is 9.47 Å². The van der Waals surface area contributed by atoms with Crippen molar-refractivity contribution in [1.29, 1.82) is 0 Å². The Morgan fingerprint density at radius 1 is 0.442 bits per heavy atom. The fraction of sp³-hybridized carbons (Fsp3) is 0.0208. The summed E-state index contributed by atoms with van der Waals surface area (Å²) in [6, 6.07) is 62.0. The topological polar surface area (TPSA) is 36.3 Å². The van der Waals surface area contributed by atoms with Crippen LogP contribution in [0, 0.1) is 0 Å². The molecule has 0 saturated heterocycles. The molecule has 9 aromatic rings. The van der Waals surface area contributed by atoms with Crippen molar-refractivity contribution < 1.29 is 9.47 Å². The van der Waals surface area contributed by atoms with E-state index < -0.39 is 5.41 Å². The van der Waals surface area contributed by atoms with Crippen LogP contribution in [-0.4, -0.2) is 9.55 Å². The lowest BCUT2D eigenvalue weighted by Crippen LogP contribution is -2.36. The first-order valence-electron chi connectivity index (χ1n) is 17.6. The highest BCUT2D eigenvalue weighted by Crippen LogP contribution is 2.62. The van der Waals surface area contributed by atoms with E-state index in [1.807, 2.05) is 36.5 Å². The van der Waals surface area contributed by atoms with Crippen LogP contribution in [0.2, 0.25) is 0 Å². The summed E-state index contributed by atoms with van der Waals surface area (Å²) in [4.78, 5) is 4.67. The summed E-state index contributed by atoms with van der Waals surface area (Å²) in [6.07, 6.45) is 1.83. The van der Waals surface area contributed by atoms with Gasteiger partial charge in [-0.25, -0.2) is 0 Å². The normalized spacial score (nSPS) is 13.5. The van der Waals surface area contributed by atoms with Gasteiger partial charge in [0.05, 0.1) is 22.1 Å². The lowest BCUT2D eigenvalue weighted by molar-refractivity contribution is 0.399. The minimum Gasteiger partial charge on any atom is -0.457 e. The summed E-state index contributed by atoms with van der Waals surface area (Å²) in [6.45, 7) is 0. The van der Waals surface area contributed by atoms with Gasteiger partial charge in [0.15, 0.2) is 0 Å². The monoisotopic (exact) mass is 666 g/mol. The minimum absolute atomic E-state index is 0.680. The van der Waals surface area contributed by atoms with E-state index in [0.717, 1.165) is 73.3 Å². The van der Waals surface area contributed by atoms with Gasteiger partial charge in [0.25, 0.3) is 0 Å². The second-order valence-corrected chi connectivity index (χ2v) is 13.5. The van der Waals surface area contributed by atoms with Crippen molar-refractivity contribution in [2.24, 2.45) is 0 Å². The van der Waals surface area contributed by atoms with E-state index in [1.54, 1.807) is 0 Å². The first-order chi connectivity index (χ1) is 25.8. The lowest BCUT2D eigenvalue weighted by Gasteiger charge is -2.45. The third kappa shape index (κ3) is 4.00. The molecular formula is C48H30N2O2. The molecule has 2 aromatic heterocycles. The van der Waals surface area contributed by atoms with E-state index in [-0.39, 0.29) is 0 Å². The van der Waals surface area contributed by atoms with E-state index >= 15 is 0 Å². The molecule has 0 atom stereocenters. The van der Waals surface area contributed by atoms with E-state index in [2.05, 4.69) is 155 Å². The molecule has 244 valence electrons. The van der Waals surface area contributed by atoms with Gasteiger partial charge in [0.1, 0.15) is 23.0 Å². The molecule has 1 spiro atoms. The van der Waals surface area contributed by atoms with Crippen molar-refractivity contribution in [2.45, 2.75) is 5.41 Å². The summed E-state index contributed by atoms with van der Waals surface area (Å²) in [5.74, 6) is 3.30. The molecular weight excluding hydrogens is 637 g/mol. The molecule has 0 aliphatic carbocycles. The van der Waals surface area contributed by atoms with Gasteiger partial charge in [-0.3, -0.25) is 4.98 Å². The largest absolute Gasteiger partial charge is 0.457 e. The molecule has 4 heterocycles. The maximum atomic E-state index is 7.07. The summed E-state index contributed by atoms with van der Waals surface area (Å²) in [5, 5.41) is 2.44. The average molecular weight is 667 g/mol. The lowest BCUT2D eigenvalue weighted by atomic mass is 9.62. The number of hydrogen-bond donors (Lipinski definition) is 0.